The highest BCUT2D eigenvalue weighted by Gasteiger charge is 2.27. The third kappa shape index (κ3) is 1.93. The Morgan fingerprint density at radius 3 is 2.91 bits per heavy atom. The summed E-state index contributed by atoms with van der Waals surface area (Å²) in [6.07, 6.45) is 2.28. The number of piperidine rings is 1. The Morgan fingerprint density at radius 1 is 1.64 bits per heavy atom. The molecule has 64 valence electrons. The van der Waals surface area contributed by atoms with Crippen molar-refractivity contribution >= 4 is 5.97 Å². The van der Waals surface area contributed by atoms with Crippen molar-refractivity contribution in [2.75, 3.05) is 13.7 Å². The summed E-state index contributed by atoms with van der Waals surface area (Å²) in [7, 11) is 1.44. The number of carbonyl (C=O) groups excluding carboxylic acids is 1. The lowest BCUT2D eigenvalue weighted by Gasteiger charge is -2.27. The number of esters is 1. The Hall–Kier alpha value is -0.570. The first-order chi connectivity index (χ1) is 5.25. The summed E-state index contributed by atoms with van der Waals surface area (Å²) in [4.78, 5) is 11.1. The molecule has 1 unspecified atom stereocenters. The molecule has 0 aromatic carbocycles. The van der Waals surface area contributed by atoms with E-state index in [2.05, 4.69) is 17.0 Å². The van der Waals surface area contributed by atoms with Crippen molar-refractivity contribution in [3.8, 4) is 0 Å². The lowest BCUT2D eigenvalue weighted by atomic mass is 9.93. The lowest BCUT2D eigenvalue weighted by molar-refractivity contribution is -0.145. The molecule has 0 aliphatic carbocycles. The molecular formula is C8H15NO2. The van der Waals surface area contributed by atoms with Crippen LogP contribution in [-0.4, -0.2) is 25.7 Å². The topological polar surface area (TPSA) is 38.3 Å². The van der Waals surface area contributed by atoms with Crippen LogP contribution in [-0.2, 0) is 9.53 Å². The van der Waals surface area contributed by atoms with Crippen LogP contribution in [0.25, 0.3) is 0 Å². The smallest absolute Gasteiger partial charge is 0.323 e. The SMILES string of the molecule is COC(=O)[C@H]1NCCCC1C. The van der Waals surface area contributed by atoms with Gasteiger partial charge < -0.3 is 10.1 Å². The molecule has 0 radical (unpaired) electrons. The van der Waals surface area contributed by atoms with Gasteiger partial charge in [-0.3, -0.25) is 4.79 Å². The van der Waals surface area contributed by atoms with Gasteiger partial charge in [0.15, 0.2) is 0 Å². The van der Waals surface area contributed by atoms with Crippen LogP contribution in [0.5, 0.6) is 0 Å². The van der Waals surface area contributed by atoms with Crippen LogP contribution >= 0.6 is 0 Å². The quantitative estimate of drug-likeness (QED) is 0.565. The molecule has 1 N–H and O–H groups in total. The summed E-state index contributed by atoms with van der Waals surface area (Å²) in [5, 5.41) is 3.14. The van der Waals surface area contributed by atoms with Gasteiger partial charge in [0.05, 0.1) is 7.11 Å². The lowest BCUT2D eigenvalue weighted by Crippen LogP contribution is -2.46. The monoisotopic (exact) mass is 157 g/mol. The highest BCUT2D eigenvalue weighted by molar-refractivity contribution is 5.76. The molecule has 3 heteroatoms. The average molecular weight is 157 g/mol. The maximum atomic E-state index is 11.1. The second-order valence-corrected chi connectivity index (χ2v) is 3.07. The minimum atomic E-state index is -0.128. The van der Waals surface area contributed by atoms with Crippen molar-refractivity contribution in [1.29, 1.82) is 0 Å². The zero-order valence-electron chi connectivity index (χ0n) is 7.09. The Kier molecular flexibility index (Phi) is 2.88. The van der Waals surface area contributed by atoms with E-state index < -0.39 is 0 Å². The molecule has 0 bridgehead atoms. The van der Waals surface area contributed by atoms with Crippen molar-refractivity contribution in [2.45, 2.75) is 25.8 Å². The third-order valence-corrected chi connectivity index (χ3v) is 2.22. The number of ether oxygens (including phenoxy) is 1. The van der Waals surface area contributed by atoms with Gasteiger partial charge in [-0.05, 0) is 25.3 Å². The van der Waals surface area contributed by atoms with Gasteiger partial charge in [-0.2, -0.15) is 0 Å². The normalized spacial score (nSPS) is 31.5. The van der Waals surface area contributed by atoms with Gasteiger partial charge in [0.25, 0.3) is 0 Å². The second kappa shape index (κ2) is 3.72. The summed E-state index contributed by atoms with van der Waals surface area (Å²) < 4.78 is 4.66. The van der Waals surface area contributed by atoms with Gasteiger partial charge in [-0.1, -0.05) is 6.92 Å². The Bertz CT molecular complexity index is 147. The van der Waals surface area contributed by atoms with Gasteiger partial charge in [0, 0.05) is 0 Å². The predicted molar refractivity (Wildman–Crippen MR) is 42.2 cm³/mol. The van der Waals surface area contributed by atoms with Gasteiger partial charge in [-0.15, -0.1) is 0 Å². The molecule has 1 saturated heterocycles. The highest BCUT2D eigenvalue weighted by atomic mass is 16.5. The van der Waals surface area contributed by atoms with E-state index in [1.165, 1.54) is 7.11 Å². The molecule has 0 saturated carbocycles. The Morgan fingerprint density at radius 2 is 2.36 bits per heavy atom. The van der Waals surface area contributed by atoms with Gasteiger partial charge in [-0.25, -0.2) is 0 Å². The zero-order chi connectivity index (χ0) is 8.27. The summed E-state index contributed by atoms with van der Waals surface area (Å²) in [6.45, 7) is 3.01. The van der Waals surface area contributed by atoms with E-state index in [0.717, 1.165) is 19.4 Å². The standard InChI is InChI=1S/C8H15NO2/c1-6-4-3-5-9-7(6)8(10)11-2/h6-7,9H,3-5H2,1-2H3/t6?,7-/m0/s1. The van der Waals surface area contributed by atoms with Crippen LogP contribution in [0.1, 0.15) is 19.8 Å². The third-order valence-electron chi connectivity index (χ3n) is 2.22. The van der Waals surface area contributed by atoms with E-state index in [1.807, 2.05) is 0 Å². The first-order valence-electron chi connectivity index (χ1n) is 4.07. The van der Waals surface area contributed by atoms with Crippen LogP contribution in [0.2, 0.25) is 0 Å². The summed E-state index contributed by atoms with van der Waals surface area (Å²) >= 11 is 0. The van der Waals surface area contributed by atoms with E-state index in [1.54, 1.807) is 0 Å². The number of nitrogens with one attached hydrogen (secondary N) is 1. The number of methoxy groups -OCH3 is 1. The van der Waals surface area contributed by atoms with Crippen molar-refractivity contribution in [3.63, 3.8) is 0 Å². The van der Waals surface area contributed by atoms with Crippen molar-refractivity contribution in [1.82, 2.24) is 5.32 Å². The van der Waals surface area contributed by atoms with E-state index >= 15 is 0 Å². The average Bonchev–Trinajstić information content (AvgIpc) is 2.04. The predicted octanol–water partition coefficient (Wildman–Crippen LogP) is 0.547. The molecule has 0 spiro atoms. The summed E-state index contributed by atoms with van der Waals surface area (Å²) in [6, 6.07) is -0.0752. The van der Waals surface area contributed by atoms with Gasteiger partial charge in [0.1, 0.15) is 6.04 Å². The van der Waals surface area contributed by atoms with E-state index in [9.17, 15) is 4.79 Å². The van der Waals surface area contributed by atoms with Crippen molar-refractivity contribution < 1.29 is 9.53 Å². The van der Waals surface area contributed by atoms with Crippen LogP contribution in [0.15, 0.2) is 0 Å². The minimum absolute atomic E-state index is 0.0752. The number of hydrogen-bond acceptors (Lipinski definition) is 3. The molecule has 1 rings (SSSR count). The molecule has 11 heavy (non-hydrogen) atoms. The van der Waals surface area contributed by atoms with Gasteiger partial charge in [0.2, 0.25) is 0 Å². The van der Waals surface area contributed by atoms with Crippen LogP contribution in [0, 0.1) is 5.92 Å². The summed E-state index contributed by atoms with van der Waals surface area (Å²) in [5.41, 5.74) is 0. The molecule has 1 aliphatic heterocycles. The molecular weight excluding hydrogens is 142 g/mol. The molecule has 1 heterocycles. The number of carbonyl (C=O) groups is 1. The summed E-state index contributed by atoms with van der Waals surface area (Å²) in [5.74, 6) is 0.286. The maximum absolute atomic E-state index is 11.1. The molecule has 1 fully saturated rings. The molecule has 3 nitrogen and oxygen atoms in total. The molecule has 2 atom stereocenters. The first-order valence-corrected chi connectivity index (χ1v) is 4.07. The first kappa shape index (κ1) is 8.53. The molecule has 0 amide bonds. The number of rotatable bonds is 1. The van der Waals surface area contributed by atoms with E-state index in [4.69, 9.17) is 0 Å². The largest absolute Gasteiger partial charge is 0.468 e. The fourth-order valence-electron chi connectivity index (χ4n) is 1.49. The van der Waals surface area contributed by atoms with Crippen molar-refractivity contribution in [2.24, 2.45) is 5.92 Å². The minimum Gasteiger partial charge on any atom is -0.468 e. The number of hydrogen-bond donors (Lipinski definition) is 1. The highest BCUT2D eigenvalue weighted by Crippen LogP contribution is 2.15. The molecule has 0 aromatic rings. The van der Waals surface area contributed by atoms with Crippen LogP contribution in [0.3, 0.4) is 0 Å². The van der Waals surface area contributed by atoms with E-state index in [0.29, 0.717) is 5.92 Å². The Balaban J connectivity index is 2.47. The van der Waals surface area contributed by atoms with Crippen LogP contribution in [0.4, 0.5) is 0 Å². The fourth-order valence-corrected chi connectivity index (χ4v) is 1.49. The molecule has 0 aromatic heterocycles. The second-order valence-electron chi connectivity index (χ2n) is 3.07. The molecule has 1 aliphatic rings. The van der Waals surface area contributed by atoms with Gasteiger partial charge >= 0.3 is 5.97 Å². The fraction of sp³-hybridized carbons (Fsp3) is 0.875. The van der Waals surface area contributed by atoms with Crippen LogP contribution < -0.4 is 5.32 Å². The van der Waals surface area contributed by atoms with E-state index in [-0.39, 0.29) is 12.0 Å². The zero-order valence-corrected chi connectivity index (χ0v) is 7.09. The maximum Gasteiger partial charge on any atom is 0.323 e. The van der Waals surface area contributed by atoms with Crippen molar-refractivity contribution in [3.05, 3.63) is 0 Å². The Labute approximate surface area is 67.1 Å².